The molecule has 1 N–H and O–H groups in total. The molecule has 2 aromatic carbocycles. The molecule has 0 aliphatic rings. The summed E-state index contributed by atoms with van der Waals surface area (Å²) in [7, 11) is 0. The van der Waals surface area contributed by atoms with Gasteiger partial charge in [-0.3, -0.25) is 10.1 Å². The Morgan fingerprint density at radius 2 is 1.52 bits per heavy atom. The molecule has 0 aliphatic heterocycles. The molecule has 4 aromatic rings. The van der Waals surface area contributed by atoms with Crippen LogP contribution in [0, 0.1) is 13.8 Å². The summed E-state index contributed by atoms with van der Waals surface area (Å²) in [6.07, 6.45) is 1.45. The number of pyridine rings is 1. The van der Waals surface area contributed by atoms with Crippen LogP contribution in [0.2, 0.25) is 5.15 Å². The smallest absolute Gasteiger partial charge is 0.259 e. The lowest BCUT2D eigenvalue weighted by Crippen LogP contribution is -2.11. The number of thiazole rings is 1. The van der Waals surface area contributed by atoms with E-state index in [0.717, 1.165) is 21.7 Å². The molecule has 4 rings (SSSR count). The van der Waals surface area contributed by atoms with Crippen LogP contribution >= 0.6 is 22.9 Å². The minimum absolute atomic E-state index is 0.270. The van der Waals surface area contributed by atoms with Crippen LogP contribution in [-0.4, -0.2) is 15.9 Å². The van der Waals surface area contributed by atoms with Gasteiger partial charge in [0.2, 0.25) is 0 Å². The Morgan fingerprint density at radius 1 is 0.897 bits per heavy atom. The summed E-state index contributed by atoms with van der Waals surface area (Å²) in [6, 6.07) is 19.8. The third kappa shape index (κ3) is 4.36. The van der Waals surface area contributed by atoms with Crippen molar-refractivity contribution in [1.29, 1.82) is 0 Å². The predicted octanol–water partition coefficient (Wildman–Crippen LogP) is 6.39. The third-order valence-corrected chi connectivity index (χ3v) is 5.72. The number of rotatable bonds is 4. The van der Waals surface area contributed by atoms with E-state index in [0.29, 0.717) is 15.8 Å². The molecule has 0 fully saturated rings. The van der Waals surface area contributed by atoms with Gasteiger partial charge in [0.05, 0.1) is 16.1 Å². The Bertz CT molecular complexity index is 1090. The summed E-state index contributed by atoms with van der Waals surface area (Å²) in [6.45, 7) is 4.11. The average molecular weight is 420 g/mol. The Labute approximate surface area is 178 Å². The number of aromatic nitrogens is 2. The van der Waals surface area contributed by atoms with Crippen molar-refractivity contribution >= 4 is 34.0 Å². The van der Waals surface area contributed by atoms with E-state index in [1.165, 1.54) is 28.7 Å². The first-order chi connectivity index (χ1) is 14.0. The average Bonchev–Trinajstić information content (AvgIpc) is 3.13. The molecule has 0 aliphatic carbocycles. The largest absolute Gasteiger partial charge is 0.298 e. The van der Waals surface area contributed by atoms with Crippen LogP contribution in [0.3, 0.4) is 0 Å². The lowest BCUT2D eigenvalue weighted by Gasteiger charge is -2.04. The number of benzene rings is 2. The molecule has 0 bridgehead atoms. The van der Waals surface area contributed by atoms with Crippen molar-refractivity contribution in [2.24, 2.45) is 0 Å². The van der Waals surface area contributed by atoms with E-state index in [9.17, 15) is 4.79 Å². The number of carbonyl (C=O) groups excluding carboxylic acids is 1. The molecule has 4 nitrogen and oxygen atoms in total. The first-order valence-electron chi connectivity index (χ1n) is 9.07. The van der Waals surface area contributed by atoms with E-state index in [4.69, 9.17) is 16.6 Å². The highest BCUT2D eigenvalue weighted by molar-refractivity contribution is 7.19. The first-order valence-corrected chi connectivity index (χ1v) is 10.3. The van der Waals surface area contributed by atoms with Gasteiger partial charge in [-0.15, -0.1) is 0 Å². The van der Waals surface area contributed by atoms with E-state index >= 15 is 0 Å². The van der Waals surface area contributed by atoms with Crippen LogP contribution in [0.15, 0.2) is 66.9 Å². The van der Waals surface area contributed by atoms with Crippen molar-refractivity contribution in [2.45, 2.75) is 13.8 Å². The summed E-state index contributed by atoms with van der Waals surface area (Å²) in [5.41, 5.74) is 5.73. The van der Waals surface area contributed by atoms with E-state index in [1.54, 1.807) is 12.1 Å². The number of amides is 1. The monoisotopic (exact) mass is 419 g/mol. The number of carbonyl (C=O) groups is 1. The number of hydrogen-bond acceptors (Lipinski definition) is 4. The molecule has 2 heterocycles. The number of hydrogen-bond donors (Lipinski definition) is 1. The molecule has 0 atom stereocenters. The van der Waals surface area contributed by atoms with Gasteiger partial charge in [-0.2, -0.15) is 0 Å². The van der Waals surface area contributed by atoms with Gasteiger partial charge >= 0.3 is 0 Å². The number of aryl methyl sites for hydroxylation is 2. The topological polar surface area (TPSA) is 54.9 Å². The normalized spacial score (nSPS) is 10.7. The molecule has 0 radical (unpaired) electrons. The summed E-state index contributed by atoms with van der Waals surface area (Å²) < 4.78 is 0. The van der Waals surface area contributed by atoms with Crippen molar-refractivity contribution in [2.75, 3.05) is 5.32 Å². The predicted molar refractivity (Wildman–Crippen MR) is 120 cm³/mol. The van der Waals surface area contributed by atoms with Crippen LogP contribution in [0.4, 0.5) is 5.13 Å². The molecule has 144 valence electrons. The zero-order valence-electron chi connectivity index (χ0n) is 15.9. The van der Waals surface area contributed by atoms with E-state index in [-0.39, 0.29) is 5.91 Å². The standard InChI is InChI=1S/C23H18ClN3OS/c1-14-3-7-16(8-4-14)20-21(17-9-5-15(2)6-10-17)29-23(26-20)27-22(28)18-11-12-19(24)25-13-18/h3-13H,1-2H3,(H,26,27,28). The van der Waals surface area contributed by atoms with E-state index in [1.807, 2.05) is 0 Å². The van der Waals surface area contributed by atoms with Gasteiger partial charge in [-0.1, -0.05) is 82.6 Å². The van der Waals surface area contributed by atoms with Crippen molar-refractivity contribution in [3.8, 4) is 21.7 Å². The molecule has 6 heteroatoms. The van der Waals surface area contributed by atoms with Crippen LogP contribution in [0.5, 0.6) is 0 Å². The van der Waals surface area contributed by atoms with Gasteiger partial charge in [0.15, 0.2) is 5.13 Å². The Hall–Kier alpha value is -3.02. The van der Waals surface area contributed by atoms with Gasteiger partial charge in [0.1, 0.15) is 5.15 Å². The Morgan fingerprint density at radius 3 is 2.10 bits per heavy atom. The van der Waals surface area contributed by atoms with Crippen LogP contribution in [-0.2, 0) is 0 Å². The van der Waals surface area contributed by atoms with Gasteiger partial charge in [0.25, 0.3) is 5.91 Å². The van der Waals surface area contributed by atoms with Gasteiger partial charge in [-0.05, 0) is 31.5 Å². The fraction of sp³-hybridized carbons (Fsp3) is 0.0870. The highest BCUT2D eigenvalue weighted by Crippen LogP contribution is 2.39. The molecule has 2 aromatic heterocycles. The quantitative estimate of drug-likeness (QED) is 0.389. The maximum atomic E-state index is 12.6. The Balaban J connectivity index is 1.72. The molecule has 0 saturated heterocycles. The van der Waals surface area contributed by atoms with Crippen LogP contribution in [0.1, 0.15) is 21.5 Å². The van der Waals surface area contributed by atoms with Gasteiger partial charge in [-0.25, -0.2) is 9.97 Å². The second-order valence-corrected chi connectivity index (χ2v) is 8.14. The maximum absolute atomic E-state index is 12.6. The highest BCUT2D eigenvalue weighted by atomic mass is 35.5. The van der Waals surface area contributed by atoms with Gasteiger partial charge in [0, 0.05) is 11.8 Å². The zero-order valence-corrected chi connectivity index (χ0v) is 17.5. The van der Waals surface area contributed by atoms with Crippen molar-refractivity contribution < 1.29 is 4.79 Å². The van der Waals surface area contributed by atoms with Crippen molar-refractivity contribution in [3.63, 3.8) is 0 Å². The zero-order chi connectivity index (χ0) is 20.4. The lowest BCUT2D eigenvalue weighted by molar-refractivity contribution is 0.102. The number of halogens is 1. The van der Waals surface area contributed by atoms with E-state index in [2.05, 4.69) is 72.7 Å². The SMILES string of the molecule is Cc1ccc(-c2nc(NC(=O)c3ccc(Cl)nc3)sc2-c2ccc(C)cc2)cc1. The minimum Gasteiger partial charge on any atom is -0.298 e. The molecule has 0 saturated carbocycles. The number of nitrogens with zero attached hydrogens (tertiary/aromatic N) is 2. The second kappa shape index (κ2) is 8.15. The highest BCUT2D eigenvalue weighted by Gasteiger charge is 2.17. The van der Waals surface area contributed by atoms with Crippen molar-refractivity contribution in [3.05, 3.63) is 88.7 Å². The third-order valence-electron chi connectivity index (χ3n) is 4.48. The van der Waals surface area contributed by atoms with Crippen LogP contribution in [0.25, 0.3) is 21.7 Å². The fourth-order valence-corrected chi connectivity index (χ4v) is 3.96. The summed E-state index contributed by atoms with van der Waals surface area (Å²) in [4.78, 5) is 22.3. The molecule has 0 unspecified atom stereocenters. The molecule has 0 spiro atoms. The fourth-order valence-electron chi connectivity index (χ4n) is 2.86. The number of nitrogens with one attached hydrogen (secondary N) is 1. The molecule has 29 heavy (non-hydrogen) atoms. The molecular weight excluding hydrogens is 402 g/mol. The lowest BCUT2D eigenvalue weighted by atomic mass is 10.0. The van der Waals surface area contributed by atoms with Crippen LogP contribution < -0.4 is 5.32 Å². The summed E-state index contributed by atoms with van der Waals surface area (Å²) in [5.74, 6) is -0.270. The summed E-state index contributed by atoms with van der Waals surface area (Å²) >= 11 is 7.26. The molecular formula is C23H18ClN3OS. The molecule has 1 amide bonds. The van der Waals surface area contributed by atoms with E-state index < -0.39 is 0 Å². The first kappa shape index (κ1) is 19.3. The van der Waals surface area contributed by atoms with Gasteiger partial charge < -0.3 is 0 Å². The minimum atomic E-state index is -0.270. The maximum Gasteiger partial charge on any atom is 0.259 e. The summed E-state index contributed by atoms with van der Waals surface area (Å²) in [5, 5.41) is 3.77. The number of anilines is 1. The van der Waals surface area contributed by atoms with Crippen molar-refractivity contribution in [1.82, 2.24) is 9.97 Å². The Kier molecular flexibility index (Phi) is 5.43. The second-order valence-electron chi connectivity index (χ2n) is 6.75.